The average Bonchev–Trinajstić information content (AvgIpc) is 3.51. The van der Waals surface area contributed by atoms with E-state index in [1.54, 1.807) is 23.4 Å². The van der Waals surface area contributed by atoms with Gasteiger partial charge in [0.25, 0.3) is 5.91 Å². The molecule has 7 heteroatoms. The van der Waals surface area contributed by atoms with Gasteiger partial charge in [0, 0.05) is 0 Å². The van der Waals surface area contributed by atoms with Crippen molar-refractivity contribution in [2.24, 2.45) is 10.2 Å². The minimum atomic E-state index is -0.133. The molecule has 5 rings (SSSR count). The third-order valence-corrected chi connectivity index (χ3v) is 6.44. The molecule has 1 fully saturated rings. The van der Waals surface area contributed by atoms with Gasteiger partial charge in [-0.25, -0.2) is 0 Å². The van der Waals surface area contributed by atoms with Gasteiger partial charge in [-0.2, -0.15) is 5.10 Å². The molecule has 6 nitrogen and oxygen atoms in total. The molecule has 0 spiro atoms. The highest BCUT2D eigenvalue weighted by Gasteiger charge is 2.34. The molecule has 178 valence electrons. The van der Waals surface area contributed by atoms with Crippen molar-refractivity contribution in [3.63, 3.8) is 0 Å². The van der Waals surface area contributed by atoms with Crippen LogP contribution in [0.3, 0.4) is 0 Å². The zero-order valence-corrected chi connectivity index (χ0v) is 20.4. The van der Waals surface area contributed by atoms with E-state index in [4.69, 9.17) is 9.15 Å². The van der Waals surface area contributed by atoms with Gasteiger partial charge in [0.05, 0.1) is 23.9 Å². The van der Waals surface area contributed by atoms with Gasteiger partial charge in [-0.1, -0.05) is 54.6 Å². The summed E-state index contributed by atoms with van der Waals surface area (Å²) in [4.78, 5) is 15.4. The van der Waals surface area contributed by atoms with Gasteiger partial charge in [0.1, 0.15) is 17.3 Å². The highest BCUT2D eigenvalue weighted by Crippen LogP contribution is 2.34. The van der Waals surface area contributed by atoms with Crippen LogP contribution in [0.25, 0.3) is 6.08 Å². The number of amides is 1. The molecule has 0 bridgehead atoms. The monoisotopic (exact) mass is 493 g/mol. The van der Waals surface area contributed by atoms with Crippen LogP contribution in [0.2, 0.25) is 0 Å². The number of nitrogens with zero attached hydrogens (tertiary/aromatic N) is 3. The van der Waals surface area contributed by atoms with Gasteiger partial charge in [0.15, 0.2) is 5.17 Å². The summed E-state index contributed by atoms with van der Waals surface area (Å²) in [6, 6.07) is 28.7. The van der Waals surface area contributed by atoms with Crippen LogP contribution >= 0.6 is 11.8 Å². The smallest absolute Gasteiger partial charge is 0.267 e. The van der Waals surface area contributed by atoms with E-state index in [-0.39, 0.29) is 12.5 Å². The quantitative estimate of drug-likeness (QED) is 0.160. The molecule has 0 radical (unpaired) electrons. The van der Waals surface area contributed by atoms with Gasteiger partial charge < -0.3 is 9.15 Å². The number of amidine groups is 1. The fourth-order valence-corrected chi connectivity index (χ4v) is 4.52. The SMILES string of the molecule is Cc1ccccc1/C=C1\S/C(=N\N=C\c2cccc(Oc3ccccc3)c2)N(Cc2ccco2)C1=O. The van der Waals surface area contributed by atoms with E-state index in [1.165, 1.54) is 11.8 Å². The summed E-state index contributed by atoms with van der Waals surface area (Å²) in [5, 5.41) is 9.16. The molecule has 1 amide bonds. The van der Waals surface area contributed by atoms with Gasteiger partial charge in [-0.3, -0.25) is 9.69 Å². The number of hydrogen-bond acceptors (Lipinski definition) is 6. The van der Waals surface area contributed by atoms with Crippen molar-refractivity contribution in [2.75, 3.05) is 0 Å². The Morgan fingerprint density at radius 2 is 1.75 bits per heavy atom. The number of ether oxygens (including phenoxy) is 1. The minimum Gasteiger partial charge on any atom is -0.467 e. The number of carbonyl (C=O) groups excluding carboxylic acids is 1. The third kappa shape index (κ3) is 5.64. The Bertz CT molecular complexity index is 1440. The second kappa shape index (κ2) is 10.9. The molecule has 3 aromatic carbocycles. The molecule has 1 aliphatic rings. The van der Waals surface area contributed by atoms with E-state index >= 15 is 0 Å². The number of furan rings is 1. The minimum absolute atomic E-state index is 0.133. The average molecular weight is 494 g/mol. The van der Waals surface area contributed by atoms with E-state index < -0.39 is 0 Å². The lowest BCUT2D eigenvalue weighted by molar-refractivity contribution is -0.122. The first-order valence-electron chi connectivity index (χ1n) is 11.4. The lowest BCUT2D eigenvalue weighted by atomic mass is 10.1. The van der Waals surface area contributed by atoms with Crippen molar-refractivity contribution < 1.29 is 13.9 Å². The van der Waals surface area contributed by atoms with E-state index in [9.17, 15) is 4.79 Å². The molecule has 0 unspecified atom stereocenters. The van der Waals surface area contributed by atoms with Crippen LogP contribution in [-0.2, 0) is 11.3 Å². The number of aryl methyl sites for hydroxylation is 1. The Morgan fingerprint density at radius 3 is 2.56 bits per heavy atom. The van der Waals surface area contributed by atoms with Gasteiger partial charge in [0.2, 0.25) is 0 Å². The van der Waals surface area contributed by atoms with E-state index in [2.05, 4.69) is 10.2 Å². The number of para-hydroxylation sites is 1. The maximum atomic E-state index is 13.3. The number of hydrogen-bond donors (Lipinski definition) is 0. The molecule has 0 aliphatic carbocycles. The Labute approximate surface area is 213 Å². The highest BCUT2D eigenvalue weighted by atomic mass is 32.2. The predicted octanol–water partition coefficient (Wildman–Crippen LogP) is 6.89. The normalized spacial score (nSPS) is 15.9. The molecule has 1 aliphatic heterocycles. The summed E-state index contributed by atoms with van der Waals surface area (Å²) >= 11 is 1.30. The Kier molecular flexibility index (Phi) is 7.10. The van der Waals surface area contributed by atoms with Crippen LogP contribution in [0.5, 0.6) is 11.5 Å². The van der Waals surface area contributed by atoms with Crippen molar-refractivity contribution >= 4 is 35.1 Å². The summed E-state index contributed by atoms with van der Waals surface area (Å²) in [5.74, 6) is 2.00. The summed E-state index contributed by atoms with van der Waals surface area (Å²) < 4.78 is 11.4. The molecule has 0 saturated carbocycles. The first-order valence-corrected chi connectivity index (χ1v) is 12.2. The first-order chi connectivity index (χ1) is 17.7. The Morgan fingerprint density at radius 1 is 0.944 bits per heavy atom. The molecule has 4 aromatic rings. The largest absolute Gasteiger partial charge is 0.467 e. The summed E-state index contributed by atoms with van der Waals surface area (Å²) in [6.07, 6.45) is 5.13. The molecule has 1 aromatic heterocycles. The molecule has 0 atom stereocenters. The topological polar surface area (TPSA) is 67.4 Å². The van der Waals surface area contributed by atoms with Gasteiger partial charge in [-0.15, -0.1) is 5.10 Å². The maximum Gasteiger partial charge on any atom is 0.267 e. The highest BCUT2D eigenvalue weighted by molar-refractivity contribution is 8.18. The number of thioether (sulfide) groups is 1. The Hall–Kier alpha value is -4.36. The zero-order valence-electron chi connectivity index (χ0n) is 19.6. The van der Waals surface area contributed by atoms with Crippen LogP contribution in [0.15, 0.2) is 117 Å². The summed E-state index contributed by atoms with van der Waals surface area (Å²) in [5.41, 5.74) is 2.92. The number of carbonyl (C=O) groups is 1. The fraction of sp³-hybridized carbons (Fsp3) is 0.0690. The van der Waals surface area contributed by atoms with Gasteiger partial charge in [-0.05, 0) is 77.9 Å². The van der Waals surface area contributed by atoms with E-state index in [1.807, 2.05) is 97.9 Å². The van der Waals surface area contributed by atoms with Crippen molar-refractivity contribution in [3.05, 3.63) is 125 Å². The van der Waals surface area contributed by atoms with Crippen LogP contribution in [0, 0.1) is 6.92 Å². The Balaban J connectivity index is 1.38. The lowest BCUT2D eigenvalue weighted by Crippen LogP contribution is -2.28. The van der Waals surface area contributed by atoms with Crippen molar-refractivity contribution in [3.8, 4) is 11.5 Å². The zero-order chi connectivity index (χ0) is 24.7. The summed E-state index contributed by atoms with van der Waals surface area (Å²) in [6.45, 7) is 2.30. The van der Waals surface area contributed by atoms with E-state index in [0.717, 1.165) is 22.4 Å². The van der Waals surface area contributed by atoms with E-state index in [0.29, 0.717) is 21.6 Å². The van der Waals surface area contributed by atoms with Crippen LogP contribution < -0.4 is 4.74 Å². The van der Waals surface area contributed by atoms with Crippen LogP contribution in [0.4, 0.5) is 0 Å². The van der Waals surface area contributed by atoms with Crippen LogP contribution in [0.1, 0.15) is 22.5 Å². The molecule has 2 heterocycles. The number of benzene rings is 3. The van der Waals surface area contributed by atoms with Crippen molar-refractivity contribution in [1.82, 2.24) is 4.90 Å². The second-order valence-corrected chi connectivity index (χ2v) is 9.06. The van der Waals surface area contributed by atoms with Gasteiger partial charge >= 0.3 is 0 Å². The predicted molar refractivity (Wildman–Crippen MR) is 144 cm³/mol. The molecular formula is C29H23N3O3S. The molecule has 1 saturated heterocycles. The second-order valence-electron chi connectivity index (χ2n) is 8.05. The first kappa shape index (κ1) is 23.4. The molecule has 0 N–H and O–H groups in total. The summed E-state index contributed by atoms with van der Waals surface area (Å²) in [7, 11) is 0. The lowest BCUT2D eigenvalue weighted by Gasteiger charge is -2.12. The fourth-order valence-electron chi connectivity index (χ4n) is 3.60. The standard InChI is InChI=1S/C29H23N3O3S/c1-21-9-5-6-11-23(21)18-27-28(33)32(20-26-15-8-16-34-26)29(36-27)31-30-19-22-10-7-14-25(17-22)35-24-12-3-2-4-13-24/h2-19H,20H2,1H3/b27-18-,30-19+,31-29-. The molecular weight excluding hydrogens is 470 g/mol. The third-order valence-electron chi connectivity index (χ3n) is 5.44. The van der Waals surface area contributed by atoms with Crippen molar-refractivity contribution in [2.45, 2.75) is 13.5 Å². The van der Waals surface area contributed by atoms with Crippen molar-refractivity contribution in [1.29, 1.82) is 0 Å². The maximum absolute atomic E-state index is 13.3. The molecule has 36 heavy (non-hydrogen) atoms. The number of rotatable bonds is 7. The van der Waals surface area contributed by atoms with Crippen LogP contribution in [-0.4, -0.2) is 22.2 Å².